The molecule has 0 saturated heterocycles. The van der Waals surface area contributed by atoms with Crippen molar-refractivity contribution in [2.24, 2.45) is 0 Å². The Morgan fingerprint density at radius 3 is 2.40 bits per heavy atom. The predicted molar refractivity (Wildman–Crippen MR) is 78.1 cm³/mol. The van der Waals surface area contributed by atoms with Crippen LogP contribution in [0.15, 0.2) is 45.9 Å². The first kappa shape index (κ1) is 14.6. The fourth-order valence-electron chi connectivity index (χ4n) is 1.79. The predicted octanol–water partition coefficient (Wildman–Crippen LogP) is 2.36. The van der Waals surface area contributed by atoms with Gasteiger partial charge in [0.05, 0.1) is 6.54 Å². The SMILES string of the molecule is CCc1ccc(NS(=O)(=O)c2ccc(CNC)o2)cc1. The van der Waals surface area contributed by atoms with E-state index in [-0.39, 0.29) is 5.09 Å². The van der Waals surface area contributed by atoms with Crippen LogP contribution < -0.4 is 10.0 Å². The van der Waals surface area contributed by atoms with Crippen molar-refractivity contribution in [2.75, 3.05) is 11.8 Å². The highest BCUT2D eigenvalue weighted by Crippen LogP contribution is 2.19. The van der Waals surface area contributed by atoms with Crippen LogP contribution in [0.5, 0.6) is 0 Å². The third kappa shape index (κ3) is 3.40. The minimum Gasteiger partial charge on any atom is -0.446 e. The zero-order valence-corrected chi connectivity index (χ0v) is 12.3. The minimum absolute atomic E-state index is 0.0812. The maximum Gasteiger partial charge on any atom is 0.295 e. The summed E-state index contributed by atoms with van der Waals surface area (Å²) in [6, 6.07) is 10.4. The molecule has 1 heterocycles. The molecule has 0 atom stereocenters. The maximum atomic E-state index is 12.1. The monoisotopic (exact) mass is 294 g/mol. The molecule has 0 amide bonds. The molecule has 5 nitrogen and oxygen atoms in total. The van der Waals surface area contributed by atoms with Crippen molar-refractivity contribution in [3.05, 3.63) is 47.7 Å². The van der Waals surface area contributed by atoms with E-state index in [0.29, 0.717) is 18.0 Å². The van der Waals surface area contributed by atoms with E-state index < -0.39 is 10.0 Å². The Morgan fingerprint density at radius 1 is 1.10 bits per heavy atom. The van der Waals surface area contributed by atoms with E-state index in [9.17, 15) is 8.42 Å². The summed E-state index contributed by atoms with van der Waals surface area (Å²) in [6.07, 6.45) is 0.915. The van der Waals surface area contributed by atoms with Crippen molar-refractivity contribution in [3.8, 4) is 0 Å². The van der Waals surface area contributed by atoms with Crippen molar-refractivity contribution < 1.29 is 12.8 Å². The van der Waals surface area contributed by atoms with Gasteiger partial charge in [0.2, 0.25) is 5.09 Å². The van der Waals surface area contributed by atoms with E-state index in [1.54, 1.807) is 25.2 Å². The summed E-state index contributed by atoms with van der Waals surface area (Å²) < 4.78 is 32.1. The fourth-order valence-corrected chi connectivity index (χ4v) is 2.80. The van der Waals surface area contributed by atoms with Crippen molar-refractivity contribution in [3.63, 3.8) is 0 Å². The lowest BCUT2D eigenvalue weighted by Gasteiger charge is -2.06. The molecule has 108 valence electrons. The average molecular weight is 294 g/mol. The second kappa shape index (κ2) is 6.11. The smallest absolute Gasteiger partial charge is 0.295 e. The van der Waals surface area contributed by atoms with Crippen molar-refractivity contribution in [1.29, 1.82) is 0 Å². The first-order valence-corrected chi connectivity index (χ1v) is 7.88. The summed E-state index contributed by atoms with van der Waals surface area (Å²) in [5, 5.41) is 2.82. The molecule has 1 aromatic heterocycles. The van der Waals surface area contributed by atoms with Gasteiger partial charge in [0.1, 0.15) is 5.76 Å². The molecular formula is C14H18N2O3S. The van der Waals surface area contributed by atoms with Gasteiger partial charge >= 0.3 is 0 Å². The van der Waals surface area contributed by atoms with E-state index in [1.807, 2.05) is 19.1 Å². The number of sulfonamides is 1. The summed E-state index contributed by atoms with van der Waals surface area (Å²) >= 11 is 0. The highest BCUT2D eigenvalue weighted by molar-refractivity contribution is 7.92. The molecule has 6 heteroatoms. The molecular weight excluding hydrogens is 276 g/mol. The van der Waals surface area contributed by atoms with Gasteiger partial charge in [0, 0.05) is 5.69 Å². The molecule has 0 aliphatic heterocycles. The summed E-state index contributed by atoms with van der Waals surface area (Å²) in [5.41, 5.74) is 1.68. The standard InChI is InChI=1S/C14H18N2O3S/c1-3-11-4-6-12(7-5-11)16-20(17,18)14-9-8-13(19-14)10-15-2/h4-9,15-16H,3,10H2,1-2H3. The molecule has 0 spiro atoms. The third-order valence-corrected chi connectivity index (χ3v) is 4.12. The number of nitrogens with one attached hydrogen (secondary N) is 2. The molecule has 0 radical (unpaired) electrons. The highest BCUT2D eigenvalue weighted by Gasteiger charge is 2.18. The highest BCUT2D eigenvalue weighted by atomic mass is 32.2. The number of furan rings is 1. The van der Waals surface area contributed by atoms with E-state index >= 15 is 0 Å². The van der Waals surface area contributed by atoms with Gasteiger partial charge in [-0.3, -0.25) is 4.72 Å². The van der Waals surface area contributed by atoms with Crippen LogP contribution in [0.3, 0.4) is 0 Å². The van der Waals surface area contributed by atoms with Gasteiger partial charge in [-0.25, -0.2) is 0 Å². The van der Waals surface area contributed by atoms with Crippen LogP contribution in [-0.4, -0.2) is 15.5 Å². The van der Waals surface area contributed by atoms with Gasteiger partial charge in [-0.05, 0) is 43.3 Å². The van der Waals surface area contributed by atoms with Gasteiger partial charge in [-0.2, -0.15) is 8.42 Å². The Balaban J connectivity index is 2.16. The molecule has 2 N–H and O–H groups in total. The molecule has 2 rings (SSSR count). The maximum absolute atomic E-state index is 12.1. The Morgan fingerprint density at radius 2 is 1.80 bits per heavy atom. The minimum atomic E-state index is -3.67. The fraction of sp³-hybridized carbons (Fsp3) is 0.286. The van der Waals surface area contributed by atoms with Gasteiger partial charge in [0.25, 0.3) is 10.0 Å². The van der Waals surface area contributed by atoms with Crippen LogP contribution in [0.25, 0.3) is 0 Å². The number of aryl methyl sites for hydroxylation is 1. The Hall–Kier alpha value is -1.79. The Bertz CT molecular complexity index is 660. The average Bonchev–Trinajstić information content (AvgIpc) is 2.89. The summed E-state index contributed by atoms with van der Waals surface area (Å²) in [4.78, 5) is 0. The second-order valence-electron chi connectivity index (χ2n) is 4.41. The number of hydrogen-bond donors (Lipinski definition) is 2. The second-order valence-corrected chi connectivity index (χ2v) is 6.02. The Kier molecular flexibility index (Phi) is 4.46. The topological polar surface area (TPSA) is 71.3 Å². The lowest BCUT2D eigenvalue weighted by atomic mass is 10.2. The van der Waals surface area contributed by atoms with Gasteiger partial charge in [-0.1, -0.05) is 19.1 Å². The molecule has 20 heavy (non-hydrogen) atoms. The van der Waals surface area contributed by atoms with Crippen molar-refractivity contribution in [2.45, 2.75) is 25.0 Å². The third-order valence-electron chi connectivity index (χ3n) is 2.87. The Labute approximate surface area is 119 Å². The molecule has 2 aromatic rings. The molecule has 0 aliphatic carbocycles. The van der Waals surface area contributed by atoms with Crippen LogP contribution in [0.1, 0.15) is 18.2 Å². The summed E-state index contributed by atoms with van der Waals surface area (Å²) in [5.74, 6) is 0.578. The zero-order chi connectivity index (χ0) is 14.6. The zero-order valence-electron chi connectivity index (χ0n) is 11.5. The van der Waals surface area contributed by atoms with E-state index in [4.69, 9.17) is 4.42 Å². The summed E-state index contributed by atoms with van der Waals surface area (Å²) in [7, 11) is -1.91. The quantitative estimate of drug-likeness (QED) is 0.858. The number of hydrogen-bond acceptors (Lipinski definition) is 4. The van der Waals surface area contributed by atoms with E-state index in [0.717, 1.165) is 12.0 Å². The molecule has 1 aromatic carbocycles. The number of anilines is 1. The summed E-state index contributed by atoms with van der Waals surface area (Å²) in [6.45, 7) is 2.53. The number of rotatable bonds is 6. The van der Waals surface area contributed by atoms with Crippen LogP contribution in [0.4, 0.5) is 5.69 Å². The van der Waals surface area contributed by atoms with Gasteiger partial charge in [0.15, 0.2) is 0 Å². The van der Waals surface area contributed by atoms with E-state index in [1.165, 1.54) is 6.07 Å². The molecule has 0 bridgehead atoms. The van der Waals surface area contributed by atoms with E-state index in [2.05, 4.69) is 10.0 Å². The molecule has 0 fully saturated rings. The van der Waals surface area contributed by atoms with Crippen molar-refractivity contribution in [1.82, 2.24) is 5.32 Å². The first-order chi connectivity index (χ1) is 9.55. The van der Waals surface area contributed by atoms with Gasteiger partial charge in [-0.15, -0.1) is 0 Å². The van der Waals surface area contributed by atoms with Crippen LogP contribution >= 0.6 is 0 Å². The first-order valence-electron chi connectivity index (χ1n) is 6.40. The lowest BCUT2D eigenvalue weighted by Crippen LogP contribution is -2.12. The normalized spacial score (nSPS) is 11.5. The molecule has 0 unspecified atom stereocenters. The van der Waals surface area contributed by atoms with Gasteiger partial charge < -0.3 is 9.73 Å². The van der Waals surface area contributed by atoms with Crippen LogP contribution in [0, 0.1) is 0 Å². The largest absolute Gasteiger partial charge is 0.446 e. The van der Waals surface area contributed by atoms with Crippen LogP contribution in [0.2, 0.25) is 0 Å². The lowest BCUT2D eigenvalue weighted by molar-refractivity contribution is 0.408. The molecule has 0 saturated carbocycles. The van der Waals surface area contributed by atoms with Crippen LogP contribution in [-0.2, 0) is 23.0 Å². The van der Waals surface area contributed by atoms with Crippen molar-refractivity contribution >= 4 is 15.7 Å². The molecule has 0 aliphatic rings. The number of benzene rings is 1.